The first-order valence-electron chi connectivity index (χ1n) is 7.60. The van der Waals surface area contributed by atoms with E-state index in [1.807, 2.05) is 17.0 Å². The number of nitrogens with zero attached hydrogens (tertiary/aromatic N) is 1. The highest BCUT2D eigenvalue weighted by Crippen LogP contribution is 2.17. The molecule has 0 aromatic heterocycles. The van der Waals surface area contributed by atoms with Crippen molar-refractivity contribution < 1.29 is 9.59 Å². The molecule has 23 heavy (non-hydrogen) atoms. The average molecular weight is 373 g/mol. The van der Waals surface area contributed by atoms with Gasteiger partial charge in [0.1, 0.15) is 0 Å². The van der Waals surface area contributed by atoms with Crippen LogP contribution >= 0.6 is 15.9 Å². The number of carbonyl (C=O) groups excluding carboxylic acids is 2. The minimum absolute atomic E-state index is 0.0632. The average Bonchev–Trinajstić information content (AvgIpc) is 3.10. The van der Waals surface area contributed by atoms with Gasteiger partial charge >= 0.3 is 0 Å². The van der Waals surface area contributed by atoms with E-state index in [1.165, 1.54) is 0 Å². The van der Waals surface area contributed by atoms with Gasteiger partial charge < -0.3 is 10.2 Å². The van der Waals surface area contributed by atoms with E-state index in [0.29, 0.717) is 16.8 Å². The van der Waals surface area contributed by atoms with Crippen LogP contribution < -0.4 is 5.32 Å². The maximum absolute atomic E-state index is 12.3. The second kappa shape index (κ2) is 6.96. The number of likely N-dealkylation sites (tertiary alicyclic amines) is 1. The van der Waals surface area contributed by atoms with E-state index in [-0.39, 0.29) is 11.8 Å². The van der Waals surface area contributed by atoms with Crippen molar-refractivity contribution in [3.8, 4) is 0 Å². The molecule has 0 radical (unpaired) electrons. The SMILES string of the molecule is O=C(Nc1ccc(C(=O)N2CCCC2)cc1)c1ccc(Br)cc1. The predicted molar refractivity (Wildman–Crippen MR) is 93.7 cm³/mol. The number of amides is 2. The van der Waals surface area contributed by atoms with Gasteiger partial charge in [0, 0.05) is 34.4 Å². The summed E-state index contributed by atoms with van der Waals surface area (Å²) in [5.41, 5.74) is 1.93. The van der Waals surface area contributed by atoms with Crippen LogP contribution in [0.25, 0.3) is 0 Å². The number of hydrogen-bond acceptors (Lipinski definition) is 2. The van der Waals surface area contributed by atoms with E-state index in [4.69, 9.17) is 0 Å². The van der Waals surface area contributed by atoms with Gasteiger partial charge in [-0.25, -0.2) is 0 Å². The third kappa shape index (κ3) is 3.79. The number of hydrogen-bond donors (Lipinski definition) is 1. The van der Waals surface area contributed by atoms with E-state index in [2.05, 4.69) is 21.2 Å². The van der Waals surface area contributed by atoms with Crippen molar-refractivity contribution in [3.05, 3.63) is 64.1 Å². The standard InChI is InChI=1S/C18H17BrN2O2/c19-15-7-3-13(4-8-15)17(22)20-16-9-5-14(6-10-16)18(23)21-11-1-2-12-21/h3-10H,1-2,11-12H2,(H,20,22). The number of rotatable bonds is 3. The van der Waals surface area contributed by atoms with E-state index >= 15 is 0 Å². The molecule has 0 unspecified atom stereocenters. The van der Waals surface area contributed by atoms with E-state index in [0.717, 1.165) is 30.4 Å². The third-order valence-electron chi connectivity index (χ3n) is 3.89. The van der Waals surface area contributed by atoms with E-state index in [9.17, 15) is 9.59 Å². The number of anilines is 1. The summed E-state index contributed by atoms with van der Waals surface area (Å²) in [6, 6.07) is 14.2. The lowest BCUT2D eigenvalue weighted by molar-refractivity contribution is 0.0792. The van der Waals surface area contributed by atoms with Crippen LogP contribution in [-0.4, -0.2) is 29.8 Å². The monoisotopic (exact) mass is 372 g/mol. The van der Waals surface area contributed by atoms with Crippen molar-refractivity contribution in [2.75, 3.05) is 18.4 Å². The first kappa shape index (κ1) is 15.7. The van der Waals surface area contributed by atoms with Crippen LogP contribution in [0.4, 0.5) is 5.69 Å². The van der Waals surface area contributed by atoms with Gasteiger partial charge in [-0.3, -0.25) is 9.59 Å². The Kier molecular flexibility index (Phi) is 4.76. The Morgan fingerprint density at radius 2 is 1.43 bits per heavy atom. The van der Waals surface area contributed by atoms with Gasteiger partial charge in [0.2, 0.25) is 0 Å². The topological polar surface area (TPSA) is 49.4 Å². The lowest BCUT2D eigenvalue weighted by Crippen LogP contribution is -2.27. The van der Waals surface area contributed by atoms with Crippen LogP contribution in [0, 0.1) is 0 Å². The molecule has 1 N–H and O–H groups in total. The molecule has 2 aromatic rings. The summed E-state index contributed by atoms with van der Waals surface area (Å²) in [5, 5.41) is 2.83. The lowest BCUT2D eigenvalue weighted by Gasteiger charge is -2.15. The summed E-state index contributed by atoms with van der Waals surface area (Å²) >= 11 is 3.34. The minimum Gasteiger partial charge on any atom is -0.339 e. The fourth-order valence-electron chi connectivity index (χ4n) is 2.60. The highest BCUT2D eigenvalue weighted by molar-refractivity contribution is 9.10. The molecule has 1 aliphatic rings. The largest absolute Gasteiger partial charge is 0.339 e. The van der Waals surface area contributed by atoms with E-state index < -0.39 is 0 Å². The quantitative estimate of drug-likeness (QED) is 0.886. The molecule has 0 bridgehead atoms. The third-order valence-corrected chi connectivity index (χ3v) is 4.42. The maximum atomic E-state index is 12.3. The van der Waals surface area contributed by atoms with Crippen molar-refractivity contribution >= 4 is 33.4 Å². The molecule has 1 fully saturated rings. The summed E-state index contributed by atoms with van der Waals surface area (Å²) in [7, 11) is 0. The zero-order valence-corrected chi connectivity index (χ0v) is 14.2. The molecule has 118 valence electrons. The fraction of sp³-hybridized carbons (Fsp3) is 0.222. The molecule has 0 aliphatic carbocycles. The van der Waals surface area contributed by atoms with Gasteiger partial charge in [0.15, 0.2) is 0 Å². The molecule has 1 aliphatic heterocycles. The van der Waals surface area contributed by atoms with Crippen LogP contribution in [-0.2, 0) is 0 Å². The number of halogens is 1. The molecular formula is C18H17BrN2O2. The summed E-state index contributed by atoms with van der Waals surface area (Å²) < 4.78 is 0.929. The maximum Gasteiger partial charge on any atom is 0.255 e. The first-order chi connectivity index (χ1) is 11.1. The molecule has 0 atom stereocenters. The second-order valence-electron chi connectivity index (χ2n) is 5.54. The van der Waals surface area contributed by atoms with Crippen molar-refractivity contribution in [3.63, 3.8) is 0 Å². The van der Waals surface area contributed by atoms with Crippen molar-refractivity contribution in [2.24, 2.45) is 0 Å². The van der Waals surface area contributed by atoms with Crippen molar-refractivity contribution in [1.29, 1.82) is 0 Å². The molecule has 1 heterocycles. The second-order valence-corrected chi connectivity index (χ2v) is 6.45. The van der Waals surface area contributed by atoms with Crippen LogP contribution in [0.2, 0.25) is 0 Å². The van der Waals surface area contributed by atoms with Gasteiger partial charge in [-0.2, -0.15) is 0 Å². The Balaban J connectivity index is 1.66. The number of nitrogens with one attached hydrogen (secondary N) is 1. The number of carbonyl (C=O) groups is 2. The molecule has 5 heteroatoms. The molecule has 2 amide bonds. The van der Waals surface area contributed by atoms with Gasteiger partial charge in [-0.05, 0) is 61.4 Å². The normalized spacial score (nSPS) is 13.9. The zero-order chi connectivity index (χ0) is 16.2. The predicted octanol–water partition coefficient (Wildman–Crippen LogP) is 3.94. The summed E-state index contributed by atoms with van der Waals surface area (Å²) in [4.78, 5) is 26.3. The highest BCUT2D eigenvalue weighted by atomic mass is 79.9. The summed E-state index contributed by atoms with van der Waals surface area (Å²) in [6.07, 6.45) is 2.15. The Morgan fingerprint density at radius 3 is 2.04 bits per heavy atom. The van der Waals surface area contributed by atoms with Gasteiger partial charge in [0.05, 0.1) is 0 Å². The minimum atomic E-state index is -0.170. The Bertz CT molecular complexity index is 705. The molecule has 2 aromatic carbocycles. The molecule has 0 saturated carbocycles. The highest BCUT2D eigenvalue weighted by Gasteiger charge is 2.19. The molecular weight excluding hydrogens is 356 g/mol. The van der Waals surface area contributed by atoms with Crippen LogP contribution in [0.15, 0.2) is 53.0 Å². The van der Waals surface area contributed by atoms with Crippen molar-refractivity contribution in [2.45, 2.75) is 12.8 Å². The van der Waals surface area contributed by atoms with Crippen molar-refractivity contribution in [1.82, 2.24) is 4.90 Å². The summed E-state index contributed by atoms with van der Waals surface area (Å²) in [6.45, 7) is 1.67. The molecule has 1 saturated heterocycles. The van der Waals surface area contributed by atoms with Crippen LogP contribution in [0.3, 0.4) is 0 Å². The molecule has 3 rings (SSSR count). The first-order valence-corrected chi connectivity index (χ1v) is 8.39. The van der Waals surface area contributed by atoms with Gasteiger partial charge in [-0.15, -0.1) is 0 Å². The van der Waals surface area contributed by atoms with Crippen LogP contribution in [0.5, 0.6) is 0 Å². The van der Waals surface area contributed by atoms with Gasteiger partial charge in [0.25, 0.3) is 11.8 Å². The van der Waals surface area contributed by atoms with E-state index in [1.54, 1.807) is 36.4 Å². The number of benzene rings is 2. The Hall–Kier alpha value is -2.14. The zero-order valence-electron chi connectivity index (χ0n) is 12.6. The summed E-state index contributed by atoms with van der Waals surface area (Å²) in [5.74, 6) is -0.107. The molecule has 0 spiro atoms. The fourth-order valence-corrected chi connectivity index (χ4v) is 2.87. The Morgan fingerprint density at radius 1 is 0.870 bits per heavy atom. The lowest BCUT2D eigenvalue weighted by atomic mass is 10.1. The molecule has 4 nitrogen and oxygen atoms in total. The Labute approximate surface area is 143 Å². The van der Waals surface area contributed by atoms with Gasteiger partial charge in [-0.1, -0.05) is 15.9 Å². The smallest absolute Gasteiger partial charge is 0.255 e. The van der Waals surface area contributed by atoms with Crippen LogP contribution in [0.1, 0.15) is 33.6 Å².